The standard InChI is InChI=1S/C7H16N2O/c1-9-4-2-7(6-9)10-5-3-8/h7H,2-6,8H2,1H3. The van der Waals surface area contributed by atoms with Gasteiger partial charge in [-0.15, -0.1) is 0 Å². The molecule has 3 nitrogen and oxygen atoms in total. The average molecular weight is 144 g/mol. The van der Waals surface area contributed by atoms with Gasteiger partial charge in [-0.25, -0.2) is 0 Å². The van der Waals surface area contributed by atoms with Crippen LogP contribution in [0, 0.1) is 0 Å². The summed E-state index contributed by atoms with van der Waals surface area (Å²) in [4.78, 5) is 2.28. The van der Waals surface area contributed by atoms with Gasteiger partial charge in [0, 0.05) is 19.6 Å². The number of ether oxygens (including phenoxy) is 1. The molecule has 0 aliphatic carbocycles. The molecule has 1 heterocycles. The van der Waals surface area contributed by atoms with Crippen LogP contribution in [0.4, 0.5) is 0 Å². The van der Waals surface area contributed by atoms with Crippen LogP contribution in [0.1, 0.15) is 6.42 Å². The van der Waals surface area contributed by atoms with E-state index in [1.165, 1.54) is 0 Å². The van der Waals surface area contributed by atoms with Crippen LogP contribution in [0.15, 0.2) is 0 Å². The van der Waals surface area contributed by atoms with E-state index in [4.69, 9.17) is 10.5 Å². The second-order valence-corrected chi connectivity index (χ2v) is 2.83. The summed E-state index contributed by atoms with van der Waals surface area (Å²) in [6.07, 6.45) is 1.60. The fraction of sp³-hybridized carbons (Fsp3) is 1.00. The third-order valence-corrected chi connectivity index (χ3v) is 1.82. The van der Waals surface area contributed by atoms with Gasteiger partial charge in [0.15, 0.2) is 0 Å². The Labute approximate surface area is 62.1 Å². The van der Waals surface area contributed by atoms with E-state index in [-0.39, 0.29) is 0 Å². The lowest BCUT2D eigenvalue weighted by Crippen LogP contribution is -2.21. The molecule has 0 radical (unpaired) electrons. The zero-order chi connectivity index (χ0) is 7.40. The summed E-state index contributed by atoms with van der Waals surface area (Å²) in [7, 11) is 2.12. The first kappa shape index (κ1) is 7.98. The number of likely N-dealkylation sites (tertiary alicyclic amines) is 1. The Kier molecular flexibility index (Phi) is 3.12. The SMILES string of the molecule is CN1CCC(OCCN)C1. The van der Waals surface area contributed by atoms with Crippen LogP contribution in [0.5, 0.6) is 0 Å². The lowest BCUT2D eigenvalue weighted by atomic mass is 10.3. The summed E-state index contributed by atoms with van der Waals surface area (Å²) in [5, 5.41) is 0. The van der Waals surface area contributed by atoms with Crippen LogP contribution >= 0.6 is 0 Å². The summed E-state index contributed by atoms with van der Waals surface area (Å²) in [6.45, 7) is 3.58. The van der Waals surface area contributed by atoms with Gasteiger partial charge in [-0.3, -0.25) is 0 Å². The molecule has 60 valence electrons. The molecule has 1 atom stereocenters. The minimum Gasteiger partial charge on any atom is -0.376 e. The van der Waals surface area contributed by atoms with Crippen LogP contribution in [0.3, 0.4) is 0 Å². The molecule has 1 rings (SSSR count). The van der Waals surface area contributed by atoms with Crippen molar-refractivity contribution in [3.63, 3.8) is 0 Å². The first-order valence-corrected chi connectivity index (χ1v) is 3.83. The molecule has 1 aliphatic heterocycles. The predicted octanol–water partition coefficient (Wildman–Crippen LogP) is -0.334. The molecule has 3 heteroatoms. The van der Waals surface area contributed by atoms with Crippen molar-refractivity contribution in [1.29, 1.82) is 0 Å². The fourth-order valence-corrected chi connectivity index (χ4v) is 1.27. The number of hydrogen-bond acceptors (Lipinski definition) is 3. The van der Waals surface area contributed by atoms with Gasteiger partial charge in [-0.2, -0.15) is 0 Å². The molecule has 0 aromatic carbocycles. The normalized spacial score (nSPS) is 27.6. The second kappa shape index (κ2) is 3.91. The Balaban J connectivity index is 2.06. The second-order valence-electron chi connectivity index (χ2n) is 2.83. The number of likely N-dealkylation sites (N-methyl/N-ethyl adjacent to an activating group) is 1. The predicted molar refractivity (Wildman–Crippen MR) is 40.9 cm³/mol. The summed E-state index contributed by atoms with van der Waals surface area (Å²) in [5.41, 5.74) is 5.30. The van der Waals surface area contributed by atoms with Crippen molar-refractivity contribution in [3.8, 4) is 0 Å². The van der Waals surface area contributed by atoms with Crippen LogP contribution in [0.2, 0.25) is 0 Å². The lowest BCUT2D eigenvalue weighted by molar-refractivity contribution is 0.0666. The van der Waals surface area contributed by atoms with E-state index in [2.05, 4.69) is 11.9 Å². The maximum Gasteiger partial charge on any atom is 0.0714 e. The highest BCUT2D eigenvalue weighted by Crippen LogP contribution is 2.09. The molecule has 1 saturated heterocycles. The Morgan fingerprint density at radius 1 is 1.70 bits per heavy atom. The molecular weight excluding hydrogens is 128 g/mol. The molecule has 2 N–H and O–H groups in total. The van der Waals surface area contributed by atoms with Crippen LogP contribution in [-0.4, -0.2) is 44.3 Å². The minimum atomic E-state index is 0.438. The summed E-state index contributed by atoms with van der Waals surface area (Å²) >= 11 is 0. The smallest absolute Gasteiger partial charge is 0.0714 e. The van der Waals surface area contributed by atoms with Gasteiger partial charge in [0.1, 0.15) is 0 Å². The monoisotopic (exact) mass is 144 g/mol. The molecule has 1 fully saturated rings. The zero-order valence-corrected chi connectivity index (χ0v) is 6.55. The van der Waals surface area contributed by atoms with E-state index in [0.29, 0.717) is 19.3 Å². The molecular formula is C7H16N2O. The zero-order valence-electron chi connectivity index (χ0n) is 6.55. The molecule has 1 aliphatic rings. The first-order chi connectivity index (χ1) is 4.83. The number of rotatable bonds is 3. The maximum atomic E-state index is 5.46. The topological polar surface area (TPSA) is 38.5 Å². The molecule has 0 saturated carbocycles. The summed E-state index contributed by atoms with van der Waals surface area (Å²) in [5.74, 6) is 0. The summed E-state index contributed by atoms with van der Waals surface area (Å²) in [6, 6.07) is 0. The third-order valence-electron chi connectivity index (χ3n) is 1.82. The number of nitrogens with two attached hydrogens (primary N) is 1. The molecule has 0 aromatic heterocycles. The van der Waals surface area contributed by atoms with Crippen LogP contribution in [0.25, 0.3) is 0 Å². The van der Waals surface area contributed by atoms with Crippen molar-refractivity contribution < 1.29 is 4.74 Å². The summed E-state index contributed by atoms with van der Waals surface area (Å²) < 4.78 is 5.46. The molecule has 1 unspecified atom stereocenters. The molecule has 0 spiro atoms. The van der Waals surface area contributed by atoms with Crippen molar-refractivity contribution in [2.24, 2.45) is 5.73 Å². The molecule has 10 heavy (non-hydrogen) atoms. The van der Waals surface area contributed by atoms with E-state index < -0.39 is 0 Å². The van der Waals surface area contributed by atoms with Crippen molar-refractivity contribution in [2.45, 2.75) is 12.5 Å². The van der Waals surface area contributed by atoms with E-state index in [1.54, 1.807) is 0 Å². The quantitative estimate of drug-likeness (QED) is 0.589. The van der Waals surface area contributed by atoms with Gasteiger partial charge < -0.3 is 15.4 Å². The van der Waals surface area contributed by atoms with Gasteiger partial charge in [-0.1, -0.05) is 0 Å². The first-order valence-electron chi connectivity index (χ1n) is 3.83. The highest BCUT2D eigenvalue weighted by atomic mass is 16.5. The number of hydrogen-bond donors (Lipinski definition) is 1. The van der Waals surface area contributed by atoms with Crippen LogP contribution in [-0.2, 0) is 4.74 Å². The van der Waals surface area contributed by atoms with Gasteiger partial charge in [-0.05, 0) is 13.5 Å². The molecule has 0 bridgehead atoms. The Bertz CT molecular complexity index is 97.6. The van der Waals surface area contributed by atoms with Crippen molar-refractivity contribution in [3.05, 3.63) is 0 Å². The van der Waals surface area contributed by atoms with E-state index in [9.17, 15) is 0 Å². The van der Waals surface area contributed by atoms with Gasteiger partial charge in [0.05, 0.1) is 12.7 Å². The maximum absolute atomic E-state index is 5.46. The Morgan fingerprint density at radius 3 is 3.00 bits per heavy atom. The third kappa shape index (κ3) is 2.25. The van der Waals surface area contributed by atoms with Gasteiger partial charge in [0.25, 0.3) is 0 Å². The van der Waals surface area contributed by atoms with Crippen molar-refractivity contribution >= 4 is 0 Å². The Hall–Kier alpha value is -0.120. The lowest BCUT2D eigenvalue weighted by Gasteiger charge is -2.10. The minimum absolute atomic E-state index is 0.438. The van der Waals surface area contributed by atoms with E-state index in [1.807, 2.05) is 0 Å². The van der Waals surface area contributed by atoms with Crippen molar-refractivity contribution in [2.75, 3.05) is 33.3 Å². The molecule has 0 aromatic rings. The molecule has 0 amide bonds. The van der Waals surface area contributed by atoms with Gasteiger partial charge in [0.2, 0.25) is 0 Å². The highest BCUT2D eigenvalue weighted by Gasteiger charge is 2.18. The largest absolute Gasteiger partial charge is 0.376 e. The van der Waals surface area contributed by atoms with E-state index >= 15 is 0 Å². The number of nitrogens with zero attached hydrogens (tertiary/aromatic N) is 1. The Morgan fingerprint density at radius 2 is 2.50 bits per heavy atom. The van der Waals surface area contributed by atoms with Crippen LogP contribution < -0.4 is 5.73 Å². The fourth-order valence-electron chi connectivity index (χ4n) is 1.27. The van der Waals surface area contributed by atoms with Crippen molar-refractivity contribution in [1.82, 2.24) is 4.90 Å². The average Bonchev–Trinajstić information content (AvgIpc) is 2.31. The van der Waals surface area contributed by atoms with Gasteiger partial charge >= 0.3 is 0 Å². The van der Waals surface area contributed by atoms with E-state index in [0.717, 1.165) is 19.5 Å². The highest BCUT2D eigenvalue weighted by molar-refractivity contribution is 4.72.